The molecule has 3 unspecified atom stereocenters. The number of carbonyl (C=O) groups excluding carboxylic acids is 2. The summed E-state index contributed by atoms with van der Waals surface area (Å²) in [4.78, 5) is 27.9. The van der Waals surface area contributed by atoms with Crippen LogP contribution in [-0.2, 0) is 4.79 Å². The lowest BCUT2D eigenvalue weighted by atomic mass is 9.65. The molecule has 4 rings (SSSR count). The van der Waals surface area contributed by atoms with Crippen molar-refractivity contribution in [2.45, 2.75) is 51.0 Å². The molecule has 146 valence electrons. The molecule has 1 aliphatic heterocycles. The summed E-state index contributed by atoms with van der Waals surface area (Å²) in [7, 11) is 0. The van der Waals surface area contributed by atoms with Crippen LogP contribution in [0.15, 0.2) is 24.3 Å². The van der Waals surface area contributed by atoms with E-state index < -0.39 is 0 Å². The first-order valence-corrected chi connectivity index (χ1v) is 10.4. The SMILES string of the molecule is NC1C2CCCC1CC(C(=O)N1CCCC(C(=O)c3ccc(F)cc3)C1)C2. The molecular formula is C22H29FN2O2. The van der Waals surface area contributed by atoms with Crippen molar-refractivity contribution in [3.05, 3.63) is 35.6 Å². The number of amides is 1. The molecule has 3 atom stereocenters. The van der Waals surface area contributed by atoms with Gasteiger partial charge in [-0.15, -0.1) is 0 Å². The first-order chi connectivity index (χ1) is 13.0. The maximum atomic E-state index is 13.2. The second-order valence-corrected chi connectivity index (χ2v) is 8.69. The number of carbonyl (C=O) groups is 2. The lowest BCUT2D eigenvalue weighted by Gasteiger charge is -2.45. The number of nitrogens with two attached hydrogens (primary N) is 1. The molecule has 0 aromatic heterocycles. The Balaban J connectivity index is 1.41. The van der Waals surface area contributed by atoms with Crippen LogP contribution in [0.25, 0.3) is 0 Å². The van der Waals surface area contributed by atoms with E-state index in [1.165, 1.54) is 18.6 Å². The first-order valence-electron chi connectivity index (χ1n) is 10.4. The molecule has 2 N–H and O–H groups in total. The highest BCUT2D eigenvalue weighted by atomic mass is 19.1. The summed E-state index contributed by atoms with van der Waals surface area (Å²) in [6.07, 6.45) is 6.98. The number of Topliss-reactive ketones (excluding diaryl/α,β-unsaturated/α-hetero) is 1. The third-order valence-electron chi connectivity index (χ3n) is 6.99. The summed E-state index contributed by atoms with van der Waals surface area (Å²) >= 11 is 0. The number of hydrogen-bond donors (Lipinski definition) is 1. The molecule has 5 heteroatoms. The van der Waals surface area contributed by atoms with Crippen molar-refractivity contribution < 1.29 is 14.0 Å². The zero-order valence-electron chi connectivity index (χ0n) is 15.8. The Bertz CT molecular complexity index is 691. The number of piperidine rings is 1. The average Bonchev–Trinajstić information content (AvgIpc) is 2.67. The molecule has 2 saturated carbocycles. The molecule has 2 bridgehead atoms. The summed E-state index contributed by atoms with van der Waals surface area (Å²) in [6.45, 7) is 1.23. The van der Waals surface area contributed by atoms with Gasteiger partial charge in [-0.1, -0.05) is 6.42 Å². The van der Waals surface area contributed by atoms with Gasteiger partial charge in [-0.2, -0.15) is 0 Å². The average molecular weight is 372 g/mol. The van der Waals surface area contributed by atoms with Crippen LogP contribution in [0.4, 0.5) is 4.39 Å². The van der Waals surface area contributed by atoms with E-state index in [-0.39, 0.29) is 35.4 Å². The Kier molecular flexibility index (Phi) is 5.31. The molecule has 1 amide bonds. The monoisotopic (exact) mass is 372 g/mol. The Labute approximate surface area is 160 Å². The van der Waals surface area contributed by atoms with Crippen LogP contribution in [0.3, 0.4) is 0 Å². The third-order valence-corrected chi connectivity index (χ3v) is 6.99. The van der Waals surface area contributed by atoms with Gasteiger partial charge in [0.05, 0.1) is 0 Å². The summed E-state index contributed by atoms with van der Waals surface area (Å²) in [5, 5.41) is 0. The standard InChI is InChI=1S/C22H29FN2O2/c23-19-8-6-14(7-9-19)21(26)17-5-2-10-25(13-17)22(27)18-11-15-3-1-4-16(12-18)20(15)24/h6-9,15-18,20H,1-5,10-13,24H2. The van der Waals surface area contributed by atoms with Crippen LogP contribution in [0, 0.1) is 29.5 Å². The van der Waals surface area contributed by atoms with E-state index in [2.05, 4.69) is 0 Å². The predicted octanol–water partition coefficient (Wildman–Crippen LogP) is 3.40. The van der Waals surface area contributed by atoms with E-state index in [1.54, 1.807) is 12.1 Å². The third kappa shape index (κ3) is 3.79. The lowest BCUT2D eigenvalue weighted by molar-refractivity contribution is -0.140. The molecule has 1 saturated heterocycles. The number of fused-ring (bicyclic) bond motifs is 2. The first kappa shape index (κ1) is 18.6. The quantitative estimate of drug-likeness (QED) is 0.827. The zero-order chi connectivity index (χ0) is 19.0. The van der Waals surface area contributed by atoms with Gasteiger partial charge in [-0.25, -0.2) is 4.39 Å². The molecule has 3 fully saturated rings. The Morgan fingerprint density at radius 1 is 0.963 bits per heavy atom. The van der Waals surface area contributed by atoms with Gasteiger partial charge in [-0.3, -0.25) is 9.59 Å². The predicted molar refractivity (Wildman–Crippen MR) is 102 cm³/mol. The van der Waals surface area contributed by atoms with Gasteiger partial charge < -0.3 is 10.6 Å². The van der Waals surface area contributed by atoms with Gasteiger partial charge in [0.25, 0.3) is 0 Å². The number of halogens is 1. The van der Waals surface area contributed by atoms with Gasteiger partial charge in [0, 0.05) is 36.5 Å². The number of hydrogen-bond acceptors (Lipinski definition) is 3. The lowest BCUT2D eigenvalue weighted by Crippen LogP contribution is -2.51. The molecule has 4 nitrogen and oxygen atoms in total. The van der Waals surface area contributed by atoms with Crippen LogP contribution in [0.1, 0.15) is 55.3 Å². The normalized spacial score (nSPS) is 33.6. The van der Waals surface area contributed by atoms with Crippen molar-refractivity contribution >= 4 is 11.7 Å². The Morgan fingerprint density at radius 3 is 2.30 bits per heavy atom. The van der Waals surface area contributed by atoms with Gasteiger partial charge in [-0.05, 0) is 74.6 Å². The van der Waals surface area contributed by atoms with Crippen LogP contribution in [-0.4, -0.2) is 35.7 Å². The van der Waals surface area contributed by atoms with Crippen molar-refractivity contribution in [2.24, 2.45) is 29.4 Å². The van der Waals surface area contributed by atoms with Crippen molar-refractivity contribution in [3.63, 3.8) is 0 Å². The summed E-state index contributed by atoms with van der Waals surface area (Å²) < 4.78 is 13.1. The largest absolute Gasteiger partial charge is 0.342 e. The molecule has 0 spiro atoms. The zero-order valence-corrected chi connectivity index (χ0v) is 15.8. The van der Waals surface area contributed by atoms with Crippen LogP contribution >= 0.6 is 0 Å². The smallest absolute Gasteiger partial charge is 0.225 e. The molecule has 2 aliphatic carbocycles. The minimum absolute atomic E-state index is 0.0232. The fraction of sp³-hybridized carbons (Fsp3) is 0.636. The maximum absolute atomic E-state index is 13.2. The Morgan fingerprint density at radius 2 is 1.63 bits per heavy atom. The minimum Gasteiger partial charge on any atom is -0.342 e. The van der Waals surface area contributed by atoms with E-state index >= 15 is 0 Å². The van der Waals surface area contributed by atoms with E-state index in [1.807, 2.05) is 4.90 Å². The van der Waals surface area contributed by atoms with Crippen LogP contribution < -0.4 is 5.73 Å². The molecule has 1 heterocycles. The summed E-state index contributed by atoms with van der Waals surface area (Å²) in [5.74, 6) is 0.748. The van der Waals surface area contributed by atoms with Crippen LogP contribution in [0.5, 0.6) is 0 Å². The highest BCUT2D eigenvalue weighted by Crippen LogP contribution is 2.42. The van der Waals surface area contributed by atoms with Crippen molar-refractivity contribution in [1.82, 2.24) is 4.90 Å². The van der Waals surface area contributed by atoms with Gasteiger partial charge >= 0.3 is 0 Å². The van der Waals surface area contributed by atoms with Crippen molar-refractivity contribution in [2.75, 3.05) is 13.1 Å². The number of benzene rings is 1. The van der Waals surface area contributed by atoms with Gasteiger partial charge in [0.15, 0.2) is 5.78 Å². The summed E-state index contributed by atoms with van der Waals surface area (Å²) in [6, 6.07) is 5.99. The number of rotatable bonds is 3. The molecule has 0 radical (unpaired) electrons. The van der Waals surface area contributed by atoms with Gasteiger partial charge in [0.1, 0.15) is 5.82 Å². The molecular weight excluding hydrogens is 343 g/mol. The van der Waals surface area contributed by atoms with Crippen molar-refractivity contribution in [3.8, 4) is 0 Å². The maximum Gasteiger partial charge on any atom is 0.225 e. The summed E-state index contributed by atoms with van der Waals surface area (Å²) in [5.41, 5.74) is 6.90. The molecule has 3 aliphatic rings. The van der Waals surface area contributed by atoms with Crippen molar-refractivity contribution in [1.29, 1.82) is 0 Å². The van der Waals surface area contributed by atoms with E-state index in [0.29, 0.717) is 23.9 Å². The van der Waals surface area contributed by atoms with Gasteiger partial charge in [0.2, 0.25) is 5.91 Å². The highest BCUT2D eigenvalue weighted by Gasteiger charge is 2.42. The molecule has 27 heavy (non-hydrogen) atoms. The number of ketones is 1. The molecule has 1 aromatic rings. The fourth-order valence-corrected chi connectivity index (χ4v) is 5.49. The second-order valence-electron chi connectivity index (χ2n) is 8.69. The van der Waals surface area contributed by atoms with E-state index in [0.717, 1.165) is 45.1 Å². The highest BCUT2D eigenvalue weighted by molar-refractivity contribution is 5.98. The van der Waals surface area contributed by atoms with E-state index in [9.17, 15) is 14.0 Å². The Hall–Kier alpha value is -1.75. The minimum atomic E-state index is -0.340. The topological polar surface area (TPSA) is 63.4 Å². The number of likely N-dealkylation sites (tertiary alicyclic amines) is 1. The fourth-order valence-electron chi connectivity index (χ4n) is 5.49. The molecule has 1 aromatic carbocycles. The number of nitrogens with zero attached hydrogens (tertiary/aromatic N) is 1. The van der Waals surface area contributed by atoms with E-state index in [4.69, 9.17) is 5.73 Å². The second kappa shape index (κ2) is 7.70. The van der Waals surface area contributed by atoms with Crippen LogP contribution in [0.2, 0.25) is 0 Å².